The number of benzene rings is 1. The molecule has 2 N–H and O–H groups in total. The average molecular weight is 285 g/mol. The van der Waals surface area contributed by atoms with E-state index < -0.39 is 4.92 Å². The number of H-pyrrole nitrogens is 1. The fourth-order valence-corrected chi connectivity index (χ4v) is 2.47. The lowest BCUT2D eigenvalue weighted by Gasteiger charge is -2.04. The molecule has 21 heavy (non-hydrogen) atoms. The summed E-state index contributed by atoms with van der Waals surface area (Å²) in [5, 5.41) is 19.4. The van der Waals surface area contributed by atoms with Gasteiger partial charge in [-0.1, -0.05) is 18.2 Å². The number of hydrogen-bond donors (Lipinski definition) is 2. The van der Waals surface area contributed by atoms with E-state index in [1.807, 2.05) is 30.3 Å². The third kappa shape index (κ3) is 2.33. The summed E-state index contributed by atoms with van der Waals surface area (Å²) in [6.07, 6.45) is 0. The van der Waals surface area contributed by atoms with Crippen LogP contribution in [0.3, 0.4) is 0 Å². The molecule has 1 aromatic carbocycles. The molecule has 2 heterocycles. The van der Waals surface area contributed by atoms with Crippen molar-refractivity contribution < 1.29 is 4.92 Å². The number of anilines is 1. The molecule has 7 heteroatoms. The quantitative estimate of drug-likeness (QED) is 0.569. The number of para-hydroxylation sites is 1. The van der Waals surface area contributed by atoms with E-state index >= 15 is 0 Å². The predicted octanol–water partition coefficient (Wildman–Crippen LogP) is 2.73. The topological polar surface area (TPSA) is 88.8 Å². The summed E-state index contributed by atoms with van der Waals surface area (Å²) in [7, 11) is 1.69. The monoisotopic (exact) mass is 285 g/mol. The summed E-state index contributed by atoms with van der Waals surface area (Å²) in [6.45, 7) is 2.10. The van der Waals surface area contributed by atoms with Gasteiger partial charge in [-0.3, -0.25) is 10.1 Å². The zero-order valence-electron chi connectivity index (χ0n) is 11.8. The summed E-state index contributed by atoms with van der Waals surface area (Å²) in [6, 6.07) is 9.98. The lowest BCUT2D eigenvalue weighted by atomic mass is 10.2. The van der Waals surface area contributed by atoms with Crippen LogP contribution in [0.1, 0.15) is 11.4 Å². The fraction of sp³-hybridized carbons (Fsp3) is 0.214. The molecule has 2 aromatic heterocycles. The molecule has 0 bridgehead atoms. The van der Waals surface area contributed by atoms with E-state index in [9.17, 15) is 10.1 Å². The molecule has 7 nitrogen and oxygen atoms in total. The van der Waals surface area contributed by atoms with Crippen LogP contribution in [0.5, 0.6) is 0 Å². The van der Waals surface area contributed by atoms with Crippen molar-refractivity contribution in [3.05, 3.63) is 51.8 Å². The second-order valence-electron chi connectivity index (χ2n) is 4.90. The number of nitrogens with one attached hydrogen (secondary N) is 2. The molecule has 0 aliphatic rings. The predicted molar refractivity (Wildman–Crippen MR) is 80.2 cm³/mol. The Balaban J connectivity index is 1.86. The Morgan fingerprint density at radius 2 is 2.19 bits per heavy atom. The van der Waals surface area contributed by atoms with E-state index in [1.165, 1.54) is 4.68 Å². The van der Waals surface area contributed by atoms with Crippen molar-refractivity contribution >= 4 is 22.4 Å². The Morgan fingerprint density at radius 3 is 2.90 bits per heavy atom. The van der Waals surface area contributed by atoms with Gasteiger partial charge in [-0.05, 0) is 24.4 Å². The van der Waals surface area contributed by atoms with Gasteiger partial charge < -0.3 is 10.3 Å². The molecule has 0 aliphatic heterocycles. The summed E-state index contributed by atoms with van der Waals surface area (Å²) in [5.74, 6) is 0.413. The maximum absolute atomic E-state index is 11.1. The Kier molecular flexibility index (Phi) is 3.09. The average Bonchev–Trinajstić information content (AvgIpc) is 2.96. The maximum atomic E-state index is 11.1. The highest BCUT2D eigenvalue weighted by Gasteiger charge is 2.23. The van der Waals surface area contributed by atoms with E-state index in [0.29, 0.717) is 18.1 Å². The molecular weight excluding hydrogens is 270 g/mol. The molecule has 0 saturated heterocycles. The van der Waals surface area contributed by atoms with E-state index in [2.05, 4.69) is 15.4 Å². The zero-order chi connectivity index (χ0) is 15.0. The first-order valence-corrected chi connectivity index (χ1v) is 6.54. The van der Waals surface area contributed by atoms with Gasteiger partial charge in [-0.2, -0.15) is 5.10 Å². The van der Waals surface area contributed by atoms with Crippen molar-refractivity contribution in [1.29, 1.82) is 0 Å². The molecule has 0 atom stereocenters. The van der Waals surface area contributed by atoms with Gasteiger partial charge in [-0.15, -0.1) is 0 Å². The smallest absolute Gasteiger partial charge is 0.333 e. The molecule has 0 fully saturated rings. The van der Waals surface area contributed by atoms with Crippen molar-refractivity contribution in [2.24, 2.45) is 7.05 Å². The minimum absolute atomic E-state index is 0.0219. The molecule has 0 spiro atoms. The molecule has 3 rings (SSSR count). The number of fused-ring (bicyclic) bond motifs is 1. The van der Waals surface area contributed by atoms with Crippen LogP contribution in [0.25, 0.3) is 10.9 Å². The normalized spacial score (nSPS) is 11.0. The first-order valence-electron chi connectivity index (χ1n) is 6.54. The number of nitro groups is 1. The third-order valence-electron chi connectivity index (χ3n) is 3.41. The number of rotatable bonds is 4. The van der Waals surface area contributed by atoms with E-state index in [4.69, 9.17) is 0 Å². The van der Waals surface area contributed by atoms with Gasteiger partial charge in [0.25, 0.3) is 0 Å². The van der Waals surface area contributed by atoms with E-state index in [-0.39, 0.29) is 5.69 Å². The van der Waals surface area contributed by atoms with Crippen LogP contribution >= 0.6 is 0 Å². The first kappa shape index (κ1) is 13.2. The Bertz CT molecular complexity index is 785. The number of nitrogens with zero attached hydrogens (tertiary/aromatic N) is 3. The van der Waals surface area contributed by atoms with Crippen molar-refractivity contribution in [2.45, 2.75) is 13.5 Å². The standard InChI is InChI=1S/C14H15N5O2/c1-9-13(19(20)21)14(18(2)17-9)15-8-11-7-10-5-3-4-6-12(10)16-11/h3-7,15-16H,8H2,1-2H3. The van der Waals surface area contributed by atoms with Crippen LogP contribution in [0.4, 0.5) is 11.5 Å². The van der Waals surface area contributed by atoms with Crippen molar-refractivity contribution in [3.8, 4) is 0 Å². The Morgan fingerprint density at radius 1 is 1.43 bits per heavy atom. The molecule has 0 saturated carbocycles. The fourth-order valence-electron chi connectivity index (χ4n) is 2.47. The highest BCUT2D eigenvalue weighted by Crippen LogP contribution is 2.27. The second kappa shape index (κ2) is 4.93. The second-order valence-corrected chi connectivity index (χ2v) is 4.90. The Labute approximate surface area is 120 Å². The summed E-state index contributed by atoms with van der Waals surface area (Å²) < 4.78 is 1.50. The van der Waals surface area contributed by atoms with Gasteiger partial charge >= 0.3 is 5.69 Å². The van der Waals surface area contributed by atoms with Crippen LogP contribution in [-0.4, -0.2) is 19.7 Å². The summed E-state index contributed by atoms with van der Waals surface area (Å²) >= 11 is 0. The summed E-state index contributed by atoms with van der Waals surface area (Å²) in [5.41, 5.74) is 2.43. The molecule has 3 aromatic rings. The van der Waals surface area contributed by atoms with E-state index in [0.717, 1.165) is 16.6 Å². The number of hydrogen-bond acceptors (Lipinski definition) is 4. The van der Waals surface area contributed by atoms with Gasteiger partial charge in [0.05, 0.1) is 11.5 Å². The van der Waals surface area contributed by atoms with Crippen LogP contribution in [-0.2, 0) is 13.6 Å². The molecule has 0 amide bonds. The van der Waals surface area contributed by atoms with Gasteiger partial charge in [0, 0.05) is 18.3 Å². The lowest BCUT2D eigenvalue weighted by Crippen LogP contribution is -2.06. The highest BCUT2D eigenvalue weighted by molar-refractivity contribution is 5.80. The number of aromatic nitrogens is 3. The molecular formula is C14H15N5O2. The SMILES string of the molecule is Cc1nn(C)c(NCc2cc3ccccc3[nH]2)c1[N+](=O)[O-]. The van der Waals surface area contributed by atoms with Gasteiger partial charge in [-0.25, -0.2) is 4.68 Å². The number of aryl methyl sites for hydroxylation is 2. The van der Waals surface area contributed by atoms with Crippen molar-refractivity contribution in [2.75, 3.05) is 5.32 Å². The Hall–Kier alpha value is -2.83. The van der Waals surface area contributed by atoms with Crippen LogP contribution in [0.2, 0.25) is 0 Å². The largest absolute Gasteiger partial charge is 0.359 e. The van der Waals surface area contributed by atoms with Crippen LogP contribution in [0.15, 0.2) is 30.3 Å². The first-order chi connectivity index (χ1) is 10.1. The molecule has 0 radical (unpaired) electrons. The molecule has 0 unspecified atom stereocenters. The summed E-state index contributed by atoms with van der Waals surface area (Å²) in [4.78, 5) is 14.0. The highest BCUT2D eigenvalue weighted by atomic mass is 16.6. The van der Waals surface area contributed by atoms with Crippen LogP contribution < -0.4 is 5.32 Å². The zero-order valence-corrected chi connectivity index (χ0v) is 11.8. The minimum Gasteiger partial charge on any atom is -0.359 e. The van der Waals surface area contributed by atoms with Crippen molar-refractivity contribution in [1.82, 2.24) is 14.8 Å². The van der Waals surface area contributed by atoms with Gasteiger partial charge in [0.1, 0.15) is 5.69 Å². The minimum atomic E-state index is -0.407. The molecule has 108 valence electrons. The number of aromatic amines is 1. The van der Waals surface area contributed by atoms with Gasteiger partial charge in [0.2, 0.25) is 5.82 Å². The van der Waals surface area contributed by atoms with Crippen molar-refractivity contribution in [3.63, 3.8) is 0 Å². The van der Waals surface area contributed by atoms with Crippen LogP contribution in [0, 0.1) is 17.0 Å². The van der Waals surface area contributed by atoms with Gasteiger partial charge in [0.15, 0.2) is 0 Å². The third-order valence-corrected chi connectivity index (χ3v) is 3.41. The lowest BCUT2D eigenvalue weighted by molar-refractivity contribution is -0.384. The van der Waals surface area contributed by atoms with E-state index in [1.54, 1.807) is 14.0 Å². The maximum Gasteiger partial charge on any atom is 0.333 e. The molecule has 0 aliphatic carbocycles.